The minimum atomic E-state index is -4.76. The fraction of sp³-hybridized carbons (Fsp3) is 0.222. The van der Waals surface area contributed by atoms with Gasteiger partial charge in [0.2, 0.25) is 0 Å². The lowest BCUT2D eigenvalue weighted by atomic mass is 10.1. The van der Waals surface area contributed by atoms with Gasteiger partial charge in [-0.3, -0.25) is 18.8 Å². The Morgan fingerprint density at radius 1 is 1.23 bits per heavy atom. The number of carbonyl (C=O) groups is 1. The summed E-state index contributed by atoms with van der Waals surface area (Å²) in [5.74, 6) is -1.35. The molecule has 3 aromatic heterocycles. The maximum absolute atomic E-state index is 15.3. The van der Waals surface area contributed by atoms with Crippen LogP contribution < -0.4 is 10.3 Å². The Morgan fingerprint density at radius 3 is 2.75 bits per heavy atom. The Morgan fingerprint density at radius 2 is 2.02 bits per heavy atom. The number of hydrogen-bond acceptors (Lipinski definition) is 7. The number of hydrogen-bond donors (Lipinski definition) is 1. The Labute approximate surface area is 229 Å². The SMILES string of the molecule is CN1C=C(c2ccc3ncc(-c4ccc(C(=O)N(C)c5nc6c(s5)CC(OC(F)(F)F)C=C6)c(F)c4)n3c2)CN1. The van der Waals surface area contributed by atoms with Crippen LogP contribution in [-0.2, 0) is 11.2 Å². The summed E-state index contributed by atoms with van der Waals surface area (Å²) < 4.78 is 59.1. The number of nitrogens with one attached hydrogen (secondary N) is 1. The summed E-state index contributed by atoms with van der Waals surface area (Å²) in [6.45, 7) is 0.686. The fourth-order valence-corrected chi connectivity index (χ4v) is 5.73. The van der Waals surface area contributed by atoms with Crippen LogP contribution in [-0.4, -0.2) is 58.4 Å². The Hall–Kier alpha value is -4.07. The fourth-order valence-electron chi connectivity index (χ4n) is 4.68. The summed E-state index contributed by atoms with van der Waals surface area (Å²) in [7, 11) is 3.36. The van der Waals surface area contributed by atoms with Gasteiger partial charge in [0.1, 0.15) is 11.5 Å². The summed E-state index contributed by atoms with van der Waals surface area (Å²) >= 11 is 1.07. The van der Waals surface area contributed by atoms with Crippen molar-refractivity contribution in [3.05, 3.63) is 82.5 Å². The van der Waals surface area contributed by atoms with Crippen LogP contribution in [0.5, 0.6) is 0 Å². The van der Waals surface area contributed by atoms with E-state index < -0.39 is 24.2 Å². The van der Waals surface area contributed by atoms with Crippen LogP contribution in [0.3, 0.4) is 0 Å². The number of hydrazine groups is 1. The molecule has 0 saturated carbocycles. The monoisotopic (exact) mass is 570 g/mol. The van der Waals surface area contributed by atoms with Crippen molar-refractivity contribution in [3.63, 3.8) is 0 Å². The first-order chi connectivity index (χ1) is 19.1. The Balaban J connectivity index is 1.23. The molecule has 206 valence electrons. The molecular weight excluding hydrogens is 548 g/mol. The van der Waals surface area contributed by atoms with Crippen LogP contribution in [0.1, 0.15) is 26.5 Å². The zero-order chi connectivity index (χ0) is 28.2. The van der Waals surface area contributed by atoms with Gasteiger partial charge in [-0.15, -0.1) is 24.5 Å². The van der Waals surface area contributed by atoms with Crippen LogP contribution in [0.2, 0.25) is 0 Å². The molecule has 0 fully saturated rings. The molecule has 1 amide bonds. The highest BCUT2D eigenvalue weighted by Crippen LogP contribution is 2.34. The number of imidazole rings is 1. The van der Waals surface area contributed by atoms with Crippen molar-refractivity contribution in [3.8, 4) is 11.3 Å². The van der Waals surface area contributed by atoms with Gasteiger partial charge in [-0.2, -0.15) is 0 Å². The molecule has 4 aromatic rings. The van der Waals surface area contributed by atoms with Crippen molar-refractivity contribution >= 4 is 39.7 Å². The third kappa shape index (κ3) is 4.98. The summed E-state index contributed by atoms with van der Waals surface area (Å²) in [6.07, 6.45) is 2.35. The molecule has 4 heterocycles. The lowest BCUT2D eigenvalue weighted by Crippen LogP contribution is -2.27. The van der Waals surface area contributed by atoms with Gasteiger partial charge < -0.3 is 5.01 Å². The highest BCUT2D eigenvalue weighted by Gasteiger charge is 2.34. The van der Waals surface area contributed by atoms with Crippen LogP contribution >= 0.6 is 11.3 Å². The van der Waals surface area contributed by atoms with E-state index >= 15 is 4.39 Å². The smallest absolute Gasteiger partial charge is 0.318 e. The molecule has 1 aromatic carbocycles. The molecule has 13 heteroatoms. The van der Waals surface area contributed by atoms with Crippen molar-refractivity contribution in [2.24, 2.45) is 0 Å². The lowest BCUT2D eigenvalue weighted by Gasteiger charge is -2.18. The molecule has 1 aliphatic heterocycles. The highest BCUT2D eigenvalue weighted by molar-refractivity contribution is 7.16. The van der Waals surface area contributed by atoms with E-state index in [1.807, 2.05) is 41.0 Å². The second-order valence-electron chi connectivity index (χ2n) is 9.42. The molecular formula is C27H22F4N6O2S. The number of fused-ring (bicyclic) bond motifs is 2. The van der Waals surface area contributed by atoms with Crippen LogP contribution in [0.15, 0.2) is 55.0 Å². The van der Waals surface area contributed by atoms with Crippen LogP contribution in [0.25, 0.3) is 28.6 Å². The molecule has 8 nitrogen and oxygen atoms in total. The number of alkyl halides is 3. The summed E-state index contributed by atoms with van der Waals surface area (Å²) in [5, 5.41) is 2.12. The number of nitrogens with zero attached hydrogens (tertiary/aromatic N) is 5. The number of thiazole rings is 1. The van der Waals surface area contributed by atoms with Crippen molar-refractivity contribution in [2.45, 2.75) is 18.9 Å². The first-order valence-corrected chi connectivity index (χ1v) is 13.0. The zero-order valence-corrected chi connectivity index (χ0v) is 22.1. The summed E-state index contributed by atoms with van der Waals surface area (Å²) in [4.78, 5) is 23.7. The molecule has 1 atom stereocenters. The maximum atomic E-state index is 15.3. The number of amides is 1. The number of carbonyl (C=O) groups excluding carboxylic acids is 1. The average Bonchev–Trinajstić information content (AvgIpc) is 3.64. The van der Waals surface area contributed by atoms with E-state index in [0.717, 1.165) is 22.5 Å². The Bertz CT molecular complexity index is 1690. The predicted octanol–water partition coefficient (Wildman–Crippen LogP) is 5.14. The van der Waals surface area contributed by atoms with E-state index in [1.165, 1.54) is 36.2 Å². The Kier molecular flexibility index (Phi) is 6.44. The van der Waals surface area contributed by atoms with Crippen molar-refractivity contribution in [2.75, 3.05) is 25.5 Å². The van der Waals surface area contributed by atoms with Gasteiger partial charge >= 0.3 is 6.36 Å². The van der Waals surface area contributed by atoms with Crippen molar-refractivity contribution in [1.82, 2.24) is 24.8 Å². The third-order valence-corrected chi connectivity index (χ3v) is 7.86. The number of aromatic nitrogens is 3. The molecule has 6 rings (SSSR count). The minimum absolute atomic E-state index is 0.0282. The van der Waals surface area contributed by atoms with Gasteiger partial charge in [-0.05, 0) is 41.5 Å². The number of rotatable bonds is 5. The van der Waals surface area contributed by atoms with Gasteiger partial charge in [0, 0.05) is 49.9 Å². The van der Waals surface area contributed by atoms with Gasteiger partial charge in [0.05, 0.1) is 29.3 Å². The van der Waals surface area contributed by atoms with Gasteiger partial charge in [-0.25, -0.2) is 19.8 Å². The number of pyridine rings is 1. The largest absolute Gasteiger partial charge is 0.523 e. The first-order valence-electron chi connectivity index (χ1n) is 12.2. The molecule has 0 spiro atoms. The molecule has 0 radical (unpaired) electrons. The van der Waals surface area contributed by atoms with E-state index in [4.69, 9.17) is 0 Å². The van der Waals surface area contributed by atoms with Crippen molar-refractivity contribution in [1.29, 1.82) is 0 Å². The normalized spacial score (nSPS) is 16.9. The van der Waals surface area contributed by atoms with Crippen LogP contribution in [0.4, 0.5) is 22.7 Å². The van der Waals surface area contributed by atoms with E-state index in [1.54, 1.807) is 12.3 Å². The second-order valence-corrected chi connectivity index (χ2v) is 10.5. The third-order valence-electron chi connectivity index (χ3n) is 6.69. The quantitative estimate of drug-likeness (QED) is 0.335. The van der Waals surface area contributed by atoms with E-state index in [0.29, 0.717) is 34.0 Å². The standard InChI is InChI=1S/C27H22F4N6O2S/c1-35-13-17(11-33-35)16-4-8-24-32-12-22(37(24)14-16)15-3-6-19(20(28)9-15)25(38)36(2)26-34-21-7-5-18(10-23(21)40-26)39-27(29,30)31/h3-9,12-14,18,33H,10-11H2,1-2H3. The van der Waals surface area contributed by atoms with E-state index in [2.05, 4.69) is 20.1 Å². The number of benzene rings is 1. The summed E-state index contributed by atoms with van der Waals surface area (Å²) in [6, 6.07) is 8.22. The predicted molar refractivity (Wildman–Crippen MR) is 143 cm³/mol. The number of anilines is 1. The van der Waals surface area contributed by atoms with E-state index in [-0.39, 0.29) is 17.1 Å². The van der Waals surface area contributed by atoms with Crippen LogP contribution in [0, 0.1) is 5.82 Å². The molecule has 1 unspecified atom stereocenters. The first kappa shape index (κ1) is 26.2. The average molecular weight is 571 g/mol. The molecule has 0 saturated heterocycles. The maximum Gasteiger partial charge on any atom is 0.523 e. The second kappa shape index (κ2) is 9.84. The zero-order valence-electron chi connectivity index (χ0n) is 21.2. The van der Waals surface area contributed by atoms with Crippen molar-refractivity contribution < 1.29 is 27.1 Å². The van der Waals surface area contributed by atoms with E-state index in [9.17, 15) is 18.0 Å². The molecule has 1 aliphatic carbocycles. The lowest BCUT2D eigenvalue weighted by molar-refractivity contribution is -0.336. The minimum Gasteiger partial charge on any atom is -0.318 e. The molecule has 0 bridgehead atoms. The number of ether oxygens (including phenoxy) is 1. The highest BCUT2D eigenvalue weighted by atomic mass is 32.1. The summed E-state index contributed by atoms with van der Waals surface area (Å²) in [5.41, 5.74) is 7.50. The van der Waals surface area contributed by atoms with Gasteiger partial charge in [-0.1, -0.05) is 12.1 Å². The topological polar surface area (TPSA) is 75.0 Å². The number of halogens is 4. The molecule has 40 heavy (non-hydrogen) atoms. The molecule has 1 N–H and O–H groups in total. The van der Waals surface area contributed by atoms with Gasteiger partial charge in [0.25, 0.3) is 5.91 Å². The van der Waals surface area contributed by atoms with Gasteiger partial charge in [0.15, 0.2) is 5.13 Å². The molecule has 2 aliphatic rings.